The quantitative estimate of drug-likeness (QED) is 0.845. The Morgan fingerprint density at radius 1 is 1.47 bits per heavy atom. The molecule has 1 aliphatic heterocycles. The molecule has 106 valence electrons. The fourth-order valence-electron chi connectivity index (χ4n) is 2.35. The Kier molecular flexibility index (Phi) is 4.58. The molecule has 0 aromatic carbocycles. The van der Waals surface area contributed by atoms with Crippen molar-refractivity contribution in [2.24, 2.45) is 17.6 Å². The van der Waals surface area contributed by atoms with E-state index >= 15 is 0 Å². The topological polar surface area (TPSA) is 67.1 Å². The molecule has 3 N–H and O–H groups in total. The molecule has 1 aromatic rings. The van der Waals surface area contributed by atoms with Gasteiger partial charge in [-0.3, -0.25) is 0 Å². The molecule has 0 amide bonds. The molecule has 5 heteroatoms. The second-order valence-corrected chi connectivity index (χ2v) is 5.77. The van der Waals surface area contributed by atoms with Gasteiger partial charge in [-0.1, -0.05) is 13.8 Å². The van der Waals surface area contributed by atoms with E-state index in [2.05, 4.69) is 34.0 Å². The molecule has 0 aliphatic carbocycles. The summed E-state index contributed by atoms with van der Waals surface area (Å²) in [4.78, 5) is 11.3. The Hall–Kier alpha value is -1.36. The van der Waals surface area contributed by atoms with E-state index in [1.807, 2.05) is 13.0 Å². The molecule has 2 heterocycles. The van der Waals surface area contributed by atoms with Crippen LogP contribution in [0.3, 0.4) is 0 Å². The van der Waals surface area contributed by atoms with E-state index in [0.717, 1.165) is 50.1 Å². The predicted octanol–water partition coefficient (Wildman–Crippen LogP) is 1.64. The molecule has 2 rings (SSSR count). The Morgan fingerprint density at radius 2 is 2.26 bits per heavy atom. The lowest BCUT2D eigenvalue weighted by Gasteiger charge is -2.19. The predicted molar refractivity (Wildman–Crippen MR) is 79.5 cm³/mol. The van der Waals surface area contributed by atoms with Crippen molar-refractivity contribution in [2.75, 3.05) is 36.4 Å². The van der Waals surface area contributed by atoms with Crippen LogP contribution in [0.4, 0.5) is 11.6 Å². The highest BCUT2D eigenvalue weighted by Gasteiger charge is 2.22. The SMILES string of the molecule is Cc1nc(NCC(C)C)cc(N2CCC(CN)C2)n1. The monoisotopic (exact) mass is 263 g/mol. The number of aryl methyl sites for hydroxylation is 1. The van der Waals surface area contributed by atoms with Crippen molar-refractivity contribution in [3.05, 3.63) is 11.9 Å². The molecule has 0 spiro atoms. The maximum Gasteiger partial charge on any atom is 0.134 e. The van der Waals surface area contributed by atoms with Crippen molar-refractivity contribution in [1.82, 2.24) is 9.97 Å². The van der Waals surface area contributed by atoms with Crippen LogP contribution in [0.1, 0.15) is 26.1 Å². The molecule has 1 fully saturated rings. The lowest BCUT2D eigenvalue weighted by Crippen LogP contribution is -2.24. The third kappa shape index (κ3) is 3.80. The minimum atomic E-state index is 0.599. The summed E-state index contributed by atoms with van der Waals surface area (Å²) in [6.45, 7) is 10.1. The van der Waals surface area contributed by atoms with Crippen molar-refractivity contribution < 1.29 is 0 Å². The number of hydrogen-bond donors (Lipinski definition) is 2. The van der Waals surface area contributed by atoms with Gasteiger partial charge in [0.1, 0.15) is 17.5 Å². The first-order valence-electron chi connectivity index (χ1n) is 7.13. The number of nitrogens with one attached hydrogen (secondary N) is 1. The van der Waals surface area contributed by atoms with Crippen molar-refractivity contribution >= 4 is 11.6 Å². The molecule has 1 aliphatic rings. The van der Waals surface area contributed by atoms with Crippen LogP contribution >= 0.6 is 0 Å². The summed E-state index contributed by atoms with van der Waals surface area (Å²) >= 11 is 0. The molecule has 1 saturated heterocycles. The van der Waals surface area contributed by atoms with Crippen LogP contribution in [0.15, 0.2) is 6.07 Å². The highest BCUT2D eigenvalue weighted by atomic mass is 15.2. The molecule has 1 unspecified atom stereocenters. The van der Waals surface area contributed by atoms with Crippen molar-refractivity contribution in [3.63, 3.8) is 0 Å². The van der Waals surface area contributed by atoms with Gasteiger partial charge in [0.2, 0.25) is 0 Å². The van der Waals surface area contributed by atoms with Crippen molar-refractivity contribution in [3.8, 4) is 0 Å². The number of rotatable bonds is 5. The molecule has 0 bridgehead atoms. The molecule has 0 radical (unpaired) electrons. The summed E-state index contributed by atoms with van der Waals surface area (Å²) < 4.78 is 0. The van der Waals surface area contributed by atoms with E-state index in [9.17, 15) is 0 Å². The van der Waals surface area contributed by atoms with Crippen LogP contribution in [0.2, 0.25) is 0 Å². The summed E-state index contributed by atoms with van der Waals surface area (Å²) in [5.41, 5.74) is 5.74. The summed E-state index contributed by atoms with van der Waals surface area (Å²) in [5, 5.41) is 3.37. The average molecular weight is 263 g/mol. The van der Waals surface area contributed by atoms with Crippen molar-refractivity contribution in [2.45, 2.75) is 27.2 Å². The van der Waals surface area contributed by atoms with E-state index in [4.69, 9.17) is 5.73 Å². The summed E-state index contributed by atoms with van der Waals surface area (Å²) in [7, 11) is 0. The second-order valence-electron chi connectivity index (χ2n) is 5.77. The fourth-order valence-corrected chi connectivity index (χ4v) is 2.35. The second kappa shape index (κ2) is 6.19. The number of aromatic nitrogens is 2. The zero-order valence-electron chi connectivity index (χ0n) is 12.2. The fraction of sp³-hybridized carbons (Fsp3) is 0.714. The largest absolute Gasteiger partial charge is 0.370 e. The van der Waals surface area contributed by atoms with Crippen LogP contribution in [0.5, 0.6) is 0 Å². The van der Waals surface area contributed by atoms with E-state index in [1.54, 1.807) is 0 Å². The highest BCUT2D eigenvalue weighted by Crippen LogP contribution is 2.23. The zero-order chi connectivity index (χ0) is 13.8. The lowest BCUT2D eigenvalue weighted by molar-refractivity contribution is 0.602. The zero-order valence-corrected chi connectivity index (χ0v) is 12.2. The van der Waals surface area contributed by atoms with Gasteiger partial charge in [-0.05, 0) is 31.7 Å². The Labute approximate surface area is 115 Å². The third-order valence-electron chi connectivity index (χ3n) is 3.46. The normalized spacial score (nSPS) is 19.2. The third-order valence-corrected chi connectivity index (χ3v) is 3.46. The van der Waals surface area contributed by atoms with Crippen LogP contribution < -0.4 is 16.0 Å². The number of anilines is 2. The minimum Gasteiger partial charge on any atom is -0.370 e. The van der Waals surface area contributed by atoms with Gasteiger partial charge in [-0.2, -0.15) is 0 Å². The van der Waals surface area contributed by atoms with E-state index in [0.29, 0.717) is 11.8 Å². The summed E-state index contributed by atoms with van der Waals surface area (Å²) in [6.07, 6.45) is 1.16. The van der Waals surface area contributed by atoms with Crippen LogP contribution in [-0.4, -0.2) is 36.1 Å². The van der Waals surface area contributed by atoms with Gasteiger partial charge in [-0.25, -0.2) is 9.97 Å². The Morgan fingerprint density at radius 3 is 2.89 bits per heavy atom. The van der Waals surface area contributed by atoms with E-state index in [1.165, 1.54) is 0 Å². The molecule has 1 atom stereocenters. The van der Waals surface area contributed by atoms with Gasteiger partial charge in [-0.15, -0.1) is 0 Å². The molecule has 19 heavy (non-hydrogen) atoms. The standard InChI is InChI=1S/C14H25N5/c1-10(2)8-16-13-6-14(18-11(3)17-13)19-5-4-12(7-15)9-19/h6,10,12H,4-5,7-9,15H2,1-3H3,(H,16,17,18). The van der Waals surface area contributed by atoms with Gasteiger partial charge in [0.25, 0.3) is 0 Å². The highest BCUT2D eigenvalue weighted by molar-refractivity contribution is 5.50. The van der Waals surface area contributed by atoms with Gasteiger partial charge in [0.15, 0.2) is 0 Å². The molecule has 0 saturated carbocycles. The van der Waals surface area contributed by atoms with Crippen LogP contribution in [-0.2, 0) is 0 Å². The van der Waals surface area contributed by atoms with Gasteiger partial charge in [0, 0.05) is 25.7 Å². The maximum atomic E-state index is 5.74. The van der Waals surface area contributed by atoms with Crippen molar-refractivity contribution in [1.29, 1.82) is 0 Å². The molecular weight excluding hydrogens is 238 g/mol. The first kappa shape index (κ1) is 14.1. The van der Waals surface area contributed by atoms with E-state index in [-0.39, 0.29) is 0 Å². The Bertz CT molecular complexity index is 418. The molecule has 1 aromatic heterocycles. The first-order valence-corrected chi connectivity index (χ1v) is 7.13. The van der Waals surface area contributed by atoms with Crippen LogP contribution in [0, 0.1) is 18.8 Å². The van der Waals surface area contributed by atoms with Gasteiger partial charge in [0.05, 0.1) is 0 Å². The smallest absolute Gasteiger partial charge is 0.134 e. The lowest BCUT2D eigenvalue weighted by atomic mass is 10.1. The summed E-state index contributed by atoms with van der Waals surface area (Å²) in [6, 6.07) is 2.05. The number of nitrogens with zero attached hydrogens (tertiary/aromatic N) is 3. The first-order chi connectivity index (χ1) is 9.08. The van der Waals surface area contributed by atoms with Gasteiger partial charge >= 0.3 is 0 Å². The molecule has 5 nitrogen and oxygen atoms in total. The number of hydrogen-bond acceptors (Lipinski definition) is 5. The maximum absolute atomic E-state index is 5.74. The molecular formula is C14H25N5. The Balaban J connectivity index is 2.08. The average Bonchev–Trinajstić information content (AvgIpc) is 2.84. The van der Waals surface area contributed by atoms with E-state index < -0.39 is 0 Å². The number of nitrogens with two attached hydrogens (primary N) is 1. The minimum absolute atomic E-state index is 0.599. The summed E-state index contributed by atoms with van der Waals surface area (Å²) in [5.74, 6) is 3.97. The van der Waals surface area contributed by atoms with Gasteiger partial charge < -0.3 is 16.0 Å². The van der Waals surface area contributed by atoms with Crippen LogP contribution in [0.25, 0.3) is 0 Å².